The Balaban J connectivity index is 1.27. The molecule has 0 radical (unpaired) electrons. The summed E-state index contributed by atoms with van der Waals surface area (Å²) in [6.45, 7) is 28.1. The molecule has 12 rings (SSSR count). The fourth-order valence-corrected chi connectivity index (χ4v) is 11.7. The Hall–Kier alpha value is -7.56. The number of nitrogens with zero attached hydrogens (tertiary/aromatic N) is 3. The molecule has 0 spiro atoms. The van der Waals surface area contributed by atoms with Crippen LogP contribution >= 0.6 is 0 Å². The van der Waals surface area contributed by atoms with Crippen LogP contribution < -0.4 is 26.2 Å². The largest absolute Gasteiger partial charge is 0.311 e. The Morgan fingerprint density at radius 3 is 1.01 bits per heavy atom. The number of para-hydroxylation sites is 2. The minimum absolute atomic E-state index is 0.0923. The highest BCUT2D eigenvalue weighted by Gasteiger charge is 2.45. The Morgan fingerprint density at radius 2 is 0.649 bits per heavy atom. The first kappa shape index (κ1) is 47.4. The molecule has 2 aliphatic rings. The van der Waals surface area contributed by atoms with Crippen LogP contribution in [0.2, 0.25) is 0 Å². The summed E-state index contributed by atoms with van der Waals surface area (Å²) in [6.07, 6.45) is 0. The molecule has 0 N–H and O–H groups in total. The molecule has 3 nitrogen and oxygen atoms in total. The van der Waals surface area contributed by atoms with Crippen LogP contribution in [0.15, 0.2) is 194 Å². The van der Waals surface area contributed by atoms with Gasteiger partial charge in [0.25, 0.3) is 6.71 Å². The first-order valence-corrected chi connectivity index (χ1v) is 26.7. The zero-order chi connectivity index (χ0) is 51.6. The van der Waals surface area contributed by atoms with Crippen LogP contribution in [0.5, 0.6) is 0 Å². The van der Waals surface area contributed by atoms with Gasteiger partial charge in [0.2, 0.25) is 0 Å². The zero-order valence-corrected chi connectivity index (χ0v) is 45.4. The van der Waals surface area contributed by atoms with E-state index in [-0.39, 0.29) is 28.4 Å². The molecule has 3 heterocycles. The molecule has 10 aromatic rings. The summed E-state index contributed by atoms with van der Waals surface area (Å²) in [5.74, 6) is 0. The van der Waals surface area contributed by atoms with Crippen molar-refractivity contribution >= 4 is 79.0 Å². The molecule has 0 aliphatic carbocycles. The van der Waals surface area contributed by atoms with Crippen LogP contribution in [0, 0.1) is 0 Å². The predicted molar refractivity (Wildman–Crippen MR) is 320 cm³/mol. The lowest BCUT2D eigenvalue weighted by atomic mass is 9.33. The number of hydrogen-bond acceptors (Lipinski definition) is 2. The molecule has 0 unspecified atom stereocenters. The van der Waals surface area contributed by atoms with Gasteiger partial charge in [0, 0.05) is 44.9 Å². The van der Waals surface area contributed by atoms with Crippen LogP contribution in [0.1, 0.15) is 105 Å². The van der Waals surface area contributed by atoms with E-state index in [2.05, 4.69) is 292 Å². The smallest absolute Gasteiger partial charge is 0.252 e. The van der Waals surface area contributed by atoms with Crippen molar-refractivity contribution in [3.05, 3.63) is 216 Å². The number of benzene rings is 9. The molecular weight excluding hydrogens is 894 g/mol. The molecule has 74 heavy (non-hydrogen) atoms. The quantitative estimate of drug-likeness (QED) is 0.159. The average molecular weight is 962 g/mol. The van der Waals surface area contributed by atoms with Crippen LogP contribution in [0.25, 0.3) is 49.7 Å². The summed E-state index contributed by atoms with van der Waals surface area (Å²) in [6, 6.07) is 74.2. The molecule has 2 aliphatic heterocycles. The van der Waals surface area contributed by atoms with E-state index in [1.165, 1.54) is 117 Å². The van der Waals surface area contributed by atoms with E-state index in [4.69, 9.17) is 0 Å². The van der Waals surface area contributed by atoms with Crippen LogP contribution in [-0.4, -0.2) is 11.3 Å². The summed E-state index contributed by atoms with van der Waals surface area (Å²) in [5.41, 5.74) is 24.3. The number of hydrogen-bond donors (Lipinski definition) is 0. The van der Waals surface area contributed by atoms with Gasteiger partial charge in [0.15, 0.2) is 0 Å². The van der Waals surface area contributed by atoms with Gasteiger partial charge in [-0.15, -0.1) is 0 Å². The lowest BCUT2D eigenvalue weighted by molar-refractivity contribution is 0.568. The van der Waals surface area contributed by atoms with Crippen molar-refractivity contribution in [3.63, 3.8) is 0 Å². The van der Waals surface area contributed by atoms with Gasteiger partial charge in [-0.25, -0.2) is 0 Å². The Labute approximate surface area is 440 Å². The Bertz CT molecular complexity index is 3520. The van der Waals surface area contributed by atoms with Gasteiger partial charge in [-0.3, -0.25) is 0 Å². The van der Waals surface area contributed by atoms with Gasteiger partial charge < -0.3 is 14.4 Å². The van der Waals surface area contributed by atoms with Gasteiger partial charge >= 0.3 is 0 Å². The van der Waals surface area contributed by atoms with Crippen molar-refractivity contribution in [1.82, 2.24) is 4.57 Å². The molecule has 0 saturated carbocycles. The zero-order valence-electron chi connectivity index (χ0n) is 45.4. The number of rotatable bonds is 5. The molecule has 0 fully saturated rings. The van der Waals surface area contributed by atoms with E-state index in [1.54, 1.807) is 0 Å². The molecule has 9 aromatic carbocycles. The fraction of sp³-hybridized carbons (Fsp3) is 0.229. The van der Waals surface area contributed by atoms with E-state index >= 15 is 0 Å². The van der Waals surface area contributed by atoms with Crippen LogP contribution in [0.3, 0.4) is 0 Å². The Morgan fingerprint density at radius 1 is 0.297 bits per heavy atom. The molecule has 366 valence electrons. The van der Waals surface area contributed by atoms with Crippen LogP contribution in [0.4, 0.5) is 34.1 Å². The lowest BCUT2D eigenvalue weighted by Crippen LogP contribution is -2.61. The third kappa shape index (κ3) is 7.97. The van der Waals surface area contributed by atoms with Gasteiger partial charge in [-0.05, 0) is 143 Å². The van der Waals surface area contributed by atoms with E-state index in [0.29, 0.717) is 0 Å². The normalized spacial score (nSPS) is 13.6. The van der Waals surface area contributed by atoms with Crippen molar-refractivity contribution < 1.29 is 0 Å². The minimum Gasteiger partial charge on any atom is -0.311 e. The molecular formula is C70H68BN3. The van der Waals surface area contributed by atoms with E-state index in [0.717, 1.165) is 5.69 Å². The topological polar surface area (TPSA) is 11.4 Å². The second-order valence-electron chi connectivity index (χ2n) is 25.2. The highest BCUT2D eigenvalue weighted by molar-refractivity contribution is 7.00. The minimum atomic E-state index is -0.0993. The van der Waals surface area contributed by atoms with Crippen molar-refractivity contribution in [2.75, 3.05) is 9.80 Å². The average Bonchev–Trinajstić information content (AvgIpc) is 3.72. The van der Waals surface area contributed by atoms with Crippen molar-refractivity contribution in [1.29, 1.82) is 0 Å². The first-order valence-electron chi connectivity index (χ1n) is 26.7. The summed E-state index contributed by atoms with van der Waals surface area (Å²) in [7, 11) is 0. The number of anilines is 6. The molecule has 0 amide bonds. The molecule has 4 heteroatoms. The Kier molecular flexibility index (Phi) is 10.9. The predicted octanol–water partition coefficient (Wildman–Crippen LogP) is 17.4. The van der Waals surface area contributed by atoms with Gasteiger partial charge in [-0.2, -0.15) is 0 Å². The van der Waals surface area contributed by atoms with E-state index in [1.807, 2.05) is 0 Å². The molecule has 1 aromatic heterocycles. The monoisotopic (exact) mass is 962 g/mol. The highest BCUT2D eigenvalue weighted by Crippen LogP contribution is 2.49. The second-order valence-corrected chi connectivity index (χ2v) is 25.2. The maximum atomic E-state index is 2.64. The third-order valence-corrected chi connectivity index (χ3v) is 15.9. The maximum Gasteiger partial charge on any atom is 0.252 e. The SMILES string of the molecule is CC(C)(C)c1cc(N2c3ccc(-c4ccccc4)cc3B3c4cc(-c5ccccc5)ccc4N(c4cc(C(C)(C)C)cc(C(C)(C)C)c4)c4cc(-n5c6ccccc6c6ccccc65)cc2c43)cc(C(C)(C)C)c1. The number of aromatic nitrogens is 1. The van der Waals surface area contributed by atoms with Crippen molar-refractivity contribution in [2.45, 2.75) is 105 Å². The van der Waals surface area contributed by atoms with Gasteiger partial charge in [0.05, 0.1) is 16.7 Å². The van der Waals surface area contributed by atoms with Gasteiger partial charge in [0.1, 0.15) is 0 Å². The summed E-state index contributed by atoms with van der Waals surface area (Å²) in [5, 5.41) is 2.50. The summed E-state index contributed by atoms with van der Waals surface area (Å²) < 4.78 is 2.52. The molecule has 0 atom stereocenters. The second kappa shape index (κ2) is 17.0. The van der Waals surface area contributed by atoms with Gasteiger partial charge in [-0.1, -0.05) is 217 Å². The van der Waals surface area contributed by atoms with E-state index in [9.17, 15) is 0 Å². The van der Waals surface area contributed by atoms with E-state index < -0.39 is 0 Å². The number of fused-ring (bicyclic) bond motifs is 7. The fourth-order valence-electron chi connectivity index (χ4n) is 11.7. The molecule has 0 saturated heterocycles. The first-order chi connectivity index (χ1) is 35.2. The maximum absolute atomic E-state index is 2.64. The molecule has 0 bridgehead atoms. The third-order valence-electron chi connectivity index (χ3n) is 15.9. The van der Waals surface area contributed by atoms with Crippen molar-refractivity contribution in [3.8, 4) is 27.9 Å². The van der Waals surface area contributed by atoms with Crippen molar-refractivity contribution in [2.24, 2.45) is 0 Å². The lowest BCUT2D eigenvalue weighted by Gasteiger charge is -2.45. The van der Waals surface area contributed by atoms with Crippen LogP contribution in [-0.2, 0) is 21.7 Å². The highest BCUT2D eigenvalue weighted by atomic mass is 15.2. The summed E-state index contributed by atoms with van der Waals surface area (Å²) in [4.78, 5) is 5.27. The summed E-state index contributed by atoms with van der Waals surface area (Å²) >= 11 is 0. The standard InChI is InChI=1S/C70H68BN3/c1-67(2,3)49-37-50(68(4,5)6)40-53(39-49)73-62-33-31-47(45-23-15-13-16-24-45)35-58(62)71-59-36-48(46-25-17-14-18-26-46)32-34-63(59)74(54-41-51(69(7,8)9)38-52(42-54)70(10,11)12)65-44-55(43-64(73)66(65)71)72-60-29-21-19-27-56(60)57-28-20-22-30-61(57)72/h13-44H,1-12H3.